The van der Waals surface area contributed by atoms with Crippen LogP contribution in [0.4, 0.5) is 15.9 Å². The molecule has 0 atom stereocenters. The lowest BCUT2D eigenvalue weighted by atomic mass is 9.97. The van der Waals surface area contributed by atoms with E-state index in [2.05, 4.69) is 33.9 Å². The Hall–Kier alpha value is -1.91. The fourth-order valence-electron chi connectivity index (χ4n) is 3.33. The molecule has 1 aliphatic rings. The van der Waals surface area contributed by atoms with Crippen molar-refractivity contribution in [1.29, 1.82) is 0 Å². The van der Waals surface area contributed by atoms with Gasteiger partial charge in [0.05, 0.1) is 15.9 Å². The summed E-state index contributed by atoms with van der Waals surface area (Å²) < 4.78 is 14.0. The van der Waals surface area contributed by atoms with Crippen LogP contribution in [0.5, 0.6) is 0 Å². The highest BCUT2D eigenvalue weighted by Gasteiger charge is 2.24. The minimum absolute atomic E-state index is 0.0268. The third-order valence-corrected chi connectivity index (χ3v) is 4.99. The summed E-state index contributed by atoms with van der Waals surface area (Å²) in [6, 6.07) is 9.04. The number of hydrogen-bond acceptors (Lipinski definition) is 3. The van der Waals surface area contributed by atoms with Gasteiger partial charge in [0.2, 0.25) is 5.28 Å². The first-order valence-electron chi connectivity index (χ1n) is 7.73. The summed E-state index contributed by atoms with van der Waals surface area (Å²) in [6.45, 7) is 2.87. The summed E-state index contributed by atoms with van der Waals surface area (Å²) in [5.41, 5.74) is 4.12. The van der Waals surface area contributed by atoms with Crippen LogP contribution >= 0.6 is 23.2 Å². The van der Waals surface area contributed by atoms with E-state index in [1.807, 2.05) is 6.07 Å². The van der Waals surface area contributed by atoms with Gasteiger partial charge in [0.25, 0.3) is 0 Å². The Morgan fingerprint density at radius 1 is 1.12 bits per heavy atom. The molecule has 0 radical (unpaired) electrons. The molecular weight excluding hydrogens is 348 g/mol. The first-order chi connectivity index (χ1) is 11.6. The molecule has 0 N–H and O–H groups in total. The van der Waals surface area contributed by atoms with Gasteiger partial charge >= 0.3 is 0 Å². The normalized spacial score (nSPS) is 14.1. The molecule has 0 bridgehead atoms. The topological polar surface area (TPSA) is 29.0 Å². The maximum atomic E-state index is 14.0. The van der Waals surface area contributed by atoms with Crippen LogP contribution in [0.25, 0.3) is 10.9 Å². The first-order valence-corrected chi connectivity index (χ1v) is 8.49. The summed E-state index contributed by atoms with van der Waals surface area (Å²) in [4.78, 5) is 10.6. The summed E-state index contributed by atoms with van der Waals surface area (Å²) in [7, 11) is 0. The third-order valence-electron chi connectivity index (χ3n) is 4.45. The Morgan fingerprint density at radius 2 is 1.96 bits per heavy atom. The molecule has 0 spiro atoms. The van der Waals surface area contributed by atoms with E-state index >= 15 is 0 Å². The van der Waals surface area contributed by atoms with E-state index in [1.54, 1.807) is 6.07 Å². The monoisotopic (exact) mass is 361 g/mol. The standard InChI is InChI=1S/C18H14Cl2FN3/c1-10-4-2-6-14-11(10)5-3-9-24(14)17-15-13(22-18(20)23-17)8-7-12(21)16(15)19/h2,4,6-8H,3,5,9H2,1H3. The largest absolute Gasteiger partial charge is 0.325 e. The molecule has 2 aromatic carbocycles. The summed E-state index contributed by atoms with van der Waals surface area (Å²) in [5, 5.41) is 0.648. The Kier molecular flexibility index (Phi) is 3.82. The molecule has 0 saturated heterocycles. The molecule has 3 aromatic rings. The SMILES string of the molecule is Cc1cccc2c1CCCN2c1nc(Cl)nc2ccc(F)c(Cl)c12. The van der Waals surface area contributed by atoms with Crippen LogP contribution in [0.2, 0.25) is 10.3 Å². The third kappa shape index (κ3) is 2.41. The molecule has 4 rings (SSSR count). The van der Waals surface area contributed by atoms with Crippen molar-refractivity contribution in [1.82, 2.24) is 9.97 Å². The predicted molar refractivity (Wildman–Crippen MR) is 96.0 cm³/mol. The van der Waals surface area contributed by atoms with E-state index in [1.165, 1.54) is 17.2 Å². The van der Waals surface area contributed by atoms with Crippen LogP contribution in [-0.2, 0) is 6.42 Å². The first kappa shape index (κ1) is 15.6. The smallest absolute Gasteiger partial charge is 0.224 e. The number of fused-ring (bicyclic) bond motifs is 2. The van der Waals surface area contributed by atoms with Crippen molar-refractivity contribution in [3.05, 3.63) is 57.6 Å². The lowest BCUT2D eigenvalue weighted by Gasteiger charge is -2.32. The number of aromatic nitrogens is 2. The zero-order valence-corrected chi connectivity index (χ0v) is 14.5. The Morgan fingerprint density at radius 3 is 2.79 bits per heavy atom. The summed E-state index contributed by atoms with van der Waals surface area (Å²) in [5.74, 6) is 0.0684. The maximum absolute atomic E-state index is 14.0. The number of benzene rings is 2. The molecule has 0 amide bonds. The van der Waals surface area contributed by atoms with Gasteiger partial charge in [0.1, 0.15) is 11.6 Å². The zero-order chi connectivity index (χ0) is 16.8. The fraction of sp³-hybridized carbons (Fsp3) is 0.222. The van der Waals surface area contributed by atoms with Crippen molar-refractivity contribution in [3.63, 3.8) is 0 Å². The number of rotatable bonds is 1. The minimum atomic E-state index is -0.488. The molecule has 1 aliphatic heterocycles. The van der Waals surface area contributed by atoms with Crippen LogP contribution in [0.1, 0.15) is 17.5 Å². The van der Waals surface area contributed by atoms with Crippen LogP contribution in [0.15, 0.2) is 30.3 Å². The molecule has 24 heavy (non-hydrogen) atoms. The number of halogens is 3. The van der Waals surface area contributed by atoms with Gasteiger partial charge in [-0.05, 0) is 60.7 Å². The molecule has 0 unspecified atom stereocenters. The van der Waals surface area contributed by atoms with Crippen molar-refractivity contribution in [2.75, 3.05) is 11.4 Å². The van der Waals surface area contributed by atoms with Gasteiger partial charge in [-0.15, -0.1) is 0 Å². The highest BCUT2D eigenvalue weighted by atomic mass is 35.5. The molecule has 6 heteroatoms. The van der Waals surface area contributed by atoms with Gasteiger partial charge in [-0.3, -0.25) is 0 Å². The van der Waals surface area contributed by atoms with Gasteiger partial charge in [-0.25, -0.2) is 9.37 Å². The molecule has 2 heterocycles. The van der Waals surface area contributed by atoms with Crippen LogP contribution in [-0.4, -0.2) is 16.5 Å². The lowest BCUT2D eigenvalue weighted by molar-refractivity contribution is 0.630. The van der Waals surface area contributed by atoms with E-state index in [9.17, 15) is 4.39 Å². The van der Waals surface area contributed by atoms with E-state index in [4.69, 9.17) is 23.2 Å². The maximum Gasteiger partial charge on any atom is 0.224 e. The Balaban J connectivity index is 2.02. The van der Waals surface area contributed by atoms with E-state index in [0.29, 0.717) is 16.7 Å². The molecule has 0 fully saturated rings. The molecule has 0 saturated carbocycles. The van der Waals surface area contributed by atoms with Crippen molar-refractivity contribution in [2.24, 2.45) is 0 Å². The van der Waals surface area contributed by atoms with Gasteiger partial charge in [-0.1, -0.05) is 23.7 Å². The number of hydrogen-bond donors (Lipinski definition) is 0. The fourth-order valence-corrected chi connectivity index (χ4v) is 3.74. The van der Waals surface area contributed by atoms with E-state index in [-0.39, 0.29) is 10.3 Å². The van der Waals surface area contributed by atoms with Gasteiger partial charge in [-0.2, -0.15) is 4.98 Å². The minimum Gasteiger partial charge on any atom is -0.325 e. The second-order valence-electron chi connectivity index (χ2n) is 5.90. The molecular formula is C18H14Cl2FN3. The van der Waals surface area contributed by atoms with E-state index in [0.717, 1.165) is 25.1 Å². The molecule has 0 aliphatic carbocycles. The molecule has 3 nitrogen and oxygen atoms in total. The summed E-state index contributed by atoms with van der Waals surface area (Å²) in [6.07, 6.45) is 1.99. The van der Waals surface area contributed by atoms with Gasteiger partial charge < -0.3 is 4.90 Å². The Labute approximate surface area is 149 Å². The van der Waals surface area contributed by atoms with Crippen molar-refractivity contribution in [3.8, 4) is 0 Å². The van der Waals surface area contributed by atoms with E-state index < -0.39 is 5.82 Å². The van der Waals surface area contributed by atoms with Gasteiger partial charge in [0, 0.05) is 12.2 Å². The number of aryl methyl sites for hydroxylation is 1. The average molecular weight is 362 g/mol. The second kappa shape index (κ2) is 5.87. The van der Waals surface area contributed by atoms with Crippen LogP contribution in [0.3, 0.4) is 0 Å². The van der Waals surface area contributed by atoms with Gasteiger partial charge in [0.15, 0.2) is 0 Å². The molecule has 1 aromatic heterocycles. The van der Waals surface area contributed by atoms with Crippen LogP contribution < -0.4 is 4.90 Å². The summed E-state index contributed by atoms with van der Waals surface area (Å²) >= 11 is 12.3. The second-order valence-corrected chi connectivity index (χ2v) is 6.62. The Bertz CT molecular complexity index is 959. The number of nitrogens with zero attached hydrogens (tertiary/aromatic N) is 3. The van der Waals surface area contributed by atoms with Crippen molar-refractivity contribution < 1.29 is 4.39 Å². The van der Waals surface area contributed by atoms with Crippen molar-refractivity contribution >= 4 is 45.6 Å². The number of anilines is 2. The van der Waals surface area contributed by atoms with Crippen molar-refractivity contribution in [2.45, 2.75) is 19.8 Å². The lowest BCUT2D eigenvalue weighted by Crippen LogP contribution is -2.26. The average Bonchev–Trinajstić information content (AvgIpc) is 2.57. The van der Waals surface area contributed by atoms with Crippen LogP contribution in [0, 0.1) is 12.7 Å². The quantitative estimate of drug-likeness (QED) is 0.538. The predicted octanol–water partition coefficient (Wildman–Crippen LogP) is 5.47. The highest BCUT2D eigenvalue weighted by Crippen LogP contribution is 2.40. The molecule has 122 valence electrons. The highest BCUT2D eigenvalue weighted by molar-refractivity contribution is 6.37. The zero-order valence-electron chi connectivity index (χ0n) is 13.0.